The van der Waals surface area contributed by atoms with E-state index in [9.17, 15) is 4.79 Å². The summed E-state index contributed by atoms with van der Waals surface area (Å²) in [5, 5.41) is 0. The van der Waals surface area contributed by atoms with Crippen LogP contribution in [0.25, 0.3) is 0 Å². The zero-order valence-electron chi connectivity index (χ0n) is 14.5. The molecule has 1 amide bonds. The topological polar surface area (TPSA) is 76.4 Å². The average Bonchev–Trinajstić information content (AvgIpc) is 3.12. The summed E-state index contributed by atoms with van der Waals surface area (Å²) < 4.78 is 8.42. The number of carbonyl (C=O) groups is 1. The highest BCUT2D eigenvalue weighted by atomic mass is 16.5. The molecule has 8 nitrogen and oxygen atoms in total. The largest absolute Gasteiger partial charge is 0.352 e. The maximum absolute atomic E-state index is 12.5. The Kier molecular flexibility index (Phi) is 3.91. The van der Waals surface area contributed by atoms with E-state index in [0.717, 1.165) is 37.7 Å². The Labute approximate surface area is 146 Å². The first-order chi connectivity index (χ1) is 12.1. The predicted octanol–water partition coefficient (Wildman–Crippen LogP) is 0.656. The molecule has 0 saturated carbocycles. The molecule has 4 heterocycles. The summed E-state index contributed by atoms with van der Waals surface area (Å²) >= 11 is 0. The van der Waals surface area contributed by atoms with Gasteiger partial charge in [-0.05, 0) is 6.07 Å². The van der Waals surface area contributed by atoms with Crippen LogP contribution in [-0.2, 0) is 21.7 Å². The van der Waals surface area contributed by atoms with E-state index in [1.807, 2.05) is 12.3 Å². The van der Waals surface area contributed by atoms with Crippen molar-refractivity contribution in [2.45, 2.75) is 31.1 Å². The van der Waals surface area contributed by atoms with Crippen LogP contribution >= 0.6 is 0 Å². The third kappa shape index (κ3) is 2.76. The molecule has 1 atom stereocenters. The van der Waals surface area contributed by atoms with Crippen molar-refractivity contribution >= 4 is 11.9 Å². The molecule has 8 heteroatoms. The Balaban J connectivity index is 1.58. The van der Waals surface area contributed by atoms with Gasteiger partial charge < -0.3 is 19.1 Å². The van der Waals surface area contributed by atoms with Crippen LogP contribution in [0.1, 0.15) is 18.7 Å². The number of hydrogen-bond acceptors (Lipinski definition) is 6. The van der Waals surface area contributed by atoms with E-state index in [2.05, 4.69) is 24.4 Å². The molecular formula is C17H22N6O2. The summed E-state index contributed by atoms with van der Waals surface area (Å²) in [5.74, 6) is 1.65. The number of nitrogens with zero attached hydrogens (tertiary/aromatic N) is 6. The van der Waals surface area contributed by atoms with Crippen molar-refractivity contribution in [2.24, 2.45) is 0 Å². The molecule has 0 radical (unpaired) electrons. The molecule has 0 aliphatic carbocycles. The Morgan fingerprint density at radius 3 is 2.60 bits per heavy atom. The van der Waals surface area contributed by atoms with Crippen molar-refractivity contribution in [1.29, 1.82) is 0 Å². The van der Waals surface area contributed by atoms with Crippen LogP contribution in [0.5, 0.6) is 0 Å². The van der Waals surface area contributed by atoms with Gasteiger partial charge in [0.2, 0.25) is 5.95 Å². The summed E-state index contributed by atoms with van der Waals surface area (Å²) in [6, 6.07) is 1.81. The predicted molar refractivity (Wildman–Crippen MR) is 91.0 cm³/mol. The van der Waals surface area contributed by atoms with Crippen molar-refractivity contribution in [3.63, 3.8) is 0 Å². The normalized spacial score (nSPS) is 21.8. The van der Waals surface area contributed by atoms with Crippen molar-refractivity contribution < 1.29 is 9.53 Å². The lowest BCUT2D eigenvalue weighted by molar-refractivity contribution is -0.173. The van der Waals surface area contributed by atoms with Crippen molar-refractivity contribution in [1.82, 2.24) is 24.4 Å². The fourth-order valence-corrected chi connectivity index (χ4v) is 3.68. The van der Waals surface area contributed by atoms with Crippen LogP contribution in [0, 0.1) is 0 Å². The van der Waals surface area contributed by atoms with Gasteiger partial charge in [0.25, 0.3) is 5.91 Å². The van der Waals surface area contributed by atoms with Gasteiger partial charge in [0.05, 0.1) is 6.54 Å². The minimum Gasteiger partial charge on any atom is -0.352 e. The quantitative estimate of drug-likeness (QED) is 0.798. The average molecular weight is 342 g/mol. The SMILES string of the molecule is CN(C)C(=O)C1Cn2ccnc2C2(CCN(c3ncccn3)CC2)O1. The Hall–Kier alpha value is -2.48. The number of piperidine rings is 1. The number of fused-ring (bicyclic) bond motifs is 2. The second-order valence-corrected chi connectivity index (χ2v) is 6.77. The van der Waals surface area contributed by atoms with E-state index in [0.29, 0.717) is 6.54 Å². The number of carbonyl (C=O) groups excluding carboxylic acids is 1. The zero-order valence-corrected chi connectivity index (χ0v) is 14.5. The molecule has 2 aliphatic heterocycles. The van der Waals surface area contributed by atoms with Crippen LogP contribution < -0.4 is 4.90 Å². The van der Waals surface area contributed by atoms with E-state index in [-0.39, 0.29) is 5.91 Å². The van der Waals surface area contributed by atoms with Crippen LogP contribution in [0.3, 0.4) is 0 Å². The van der Waals surface area contributed by atoms with E-state index >= 15 is 0 Å². The first-order valence-corrected chi connectivity index (χ1v) is 8.52. The number of aromatic nitrogens is 4. The number of amides is 1. The van der Waals surface area contributed by atoms with Gasteiger partial charge in [-0.3, -0.25) is 4.79 Å². The lowest BCUT2D eigenvalue weighted by Crippen LogP contribution is -2.54. The summed E-state index contributed by atoms with van der Waals surface area (Å²) in [6.45, 7) is 2.04. The van der Waals surface area contributed by atoms with Crippen molar-refractivity contribution in [3.05, 3.63) is 36.7 Å². The standard InChI is InChI=1S/C17H22N6O2/c1-21(2)14(24)13-12-23-11-8-18-15(23)17(25-13)4-9-22(10-5-17)16-19-6-3-7-20-16/h3,6-8,11,13H,4-5,9-10,12H2,1-2H3. The van der Waals surface area contributed by atoms with Gasteiger partial charge in [-0.15, -0.1) is 0 Å². The smallest absolute Gasteiger partial charge is 0.253 e. The van der Waals surface area contributed by atoms with E-state index in [1.54, 1.807) is 37.6 Å². The van der Waals surface area contributed by atoms with E-state index in [4.69, 9.17) is 4.74 Å². The molecule has 132 valence electrons. The number of likely N-dealkylation sites (N-methyl/N-ethyl adjacent to an activating group) is 1. The van der Waals surface area contributed by atoms with Gasteiger partial charge >= 0.3 is 0 Å². The minimum atomic E-state index is -0.524. The fraction of sp³-hybridized carbons (Fsp3) is 0.529. The van der Waals surface area contributed by atoms with E-state index in [1.165, 1.54) is 0 Å². The first kappa shape index (κ1) is 16.0. The Morgan fingerprint density at radius 1 is 1.20 bits per heavy atom. The van der Waals surface area contributed by atoms with Gasteiger partial charge in [0.15, 0.2) is 6.10 Å². The van der Waals surface area contributed by atoms with Gasteiger partial charge in [-0.1, -0.05) is 0 Å². The zero-order chi connectivity index (χ0) is 17.4. The van der Waals surface area contributed by atoms with Crippen molar-refractivity contribution in [3.8, 4) is 0 Å². The minimum absolute atomic E-state index is 0.00690. The van der Waals surface area contributed by atoms with Crippen LogP contribution in [0.4, 0.5) is 5.95 Å². The molecular weight excluding hydrogens is 320 g/mol. The molecule has 0 aromatic carbocycles. The number of hydrogen-bond donors (Lipinski definition) is 0. The molecule has 0 bridgehead atoms. The highest BCUT2D eigenvalue weighted by Crippen LogP contribution is 2.40. The monoisotopic (exact) mass is 342 g/mol. The number of anilines is 1. The van der Waals surface area contributed by atoms with Gasteiger partial charge in [-0.2, -0.15) is 0 Å². The lowest BCUT2D eigenvalue weighted by atomic mass is 9.88. The second kappa shape index (κ2) is 6.11. The van der Waals surface area contributed by atoms with Gasteiger partial charge in [0, 0.05) is 64.8 Å². The van der Waals surface area contributed by atoms with Crippen LogP contribution in [-0.4, -0.2) is 63.6 Å². The number of rotatable bonds is 2. The summed E-state index contributed by atoms with van der Waals surface area (Å²) in [6.07, 6.45) is 8.25. The lowest BCUT2D eigenvalue weighted by Gasteiger charge is -2.45. The number of ether oxygens (including phenoxy) is 1. The maximum atomic E-state index is 12.5. The number of imidazole rings is 1. The summed E-state index contributed by atoms with van der Waals surface area (Å²) in [4.78, 5) is 29.4. The summed E-state index contributed by atoms with van der Waals surface area (Å²) in [7, 11) is 3.52. The second-order valence-electron chi connectivity index (χ2n) is 6.77. The maximum Gasteiger partial charge on any atom is 0.253 e. The Morgan fingerprint density at radius 2 is 1.92 bits per heavy atom. The van der Waals surface area contributed by atoms with Gasteiger partial charge in [-0.25, -0.2) is 15.0 Å². The third-order valence-electron chi connectivity index (χ3n) is 4.98. The van der Waals surface area contributed by atoms with Crippen LogP contribution in [0.15, 0.2) is 30.9 Å². The highest BCUT2D eigenvalue weighted by molar-refractivity contribution is 5.80. The molecule has 2 aliphatic rings. The molecule has 2 aromatic heterocycles. The Bertz CT molecular complexity index is 752. The molecule has 2 aromatic rings. The molecule has 1 saturated heterocycles. The van der Waals surface area contributed by atoms with Crippen molar-refractivity contribution in [2.75, 3.05) is 32.1 Å². The van der Waals surface area contributed by atoms with E-state index < -0.39 is 11.7 Å². The fourth-order valence-electron chi connectivity index (χ4n) is 3.68. The molecule has 1 spiro atoms. The molecule has 4 rings (SSSR count). The van der Waals surface area contributed by atoms with Crippen LogP contribution in [0.2, 0.25) is 0 Å². The molecule has 0 N–H and O–H groups in total. The first-order valence-electron chi connectivity index (χ1n) is 8.52. The summed E-state index contributed by atoms with van der Waals surface area (Å²) in [5.41, 5.74) is -0.524. The molecule has 25 heavy (non-hydrogen) atoms. The van der Waals surface area contributed by atoms with Gasteiger partial charge in [0.1, 0.15) is 11.4 Å². The third-order valence-corrected chi connectivity index (χ3v) is 4.98. The molecule has 1 unspecified atom stereocenters. The highest BCUT2D eigenvalue weighted by Gasteiger charge is 2.47. The molecule has 1 fully saturated rings.